The molecule has 3 aromatic carbocycles. The van der Waals surface area contributed by atoms with Crippen molar-refractivity contribution in [1.29, 1.82) is 0 Å². The van der Waals surface area contributed by atoms with Gasteiger partial charge in [-0.05, 0) is 34.4 Å². The van der Waals surface area contributed by atoms with Crippen molar-refractivity contribution in [2.75, 3.05) is 119 Å². The largest absolute Gasteiger partial charge is 0.448 e. The number of benzene rings is 3. The summed E-state index contributed by atoms with van der Waals surface area (Å²) >= 11 is 0. The number of carbonyl (C=O) groups excluding carboxylic acids is 3. The Morgan fingerprint density at radius 2 is 0.887 bits per heavy atom. The SMILES string of the molecule is CN(CCOCCOCCOCCOCCOCCOCCOCCN1C(=O)c2ccccc2C1=O)C(=O)OCC1c2ccccc2-c2ccccc21. The Hall–Kier alpha value is -4.21. The van der Waals surface area contributed by atoms with E-state index in [0.29, 0.717) is 110 Å². The Morgan fingerprint density at radius 1 is 0.528 bits per heavy atom. The Labute approximate surface area is 310 Å². The van der Waals surface area contributed by atoms with Gasteiger partial charge in [0.2, 0.25) is 0 Å². The summed E-state index contributed by atoms with van der Waals surface area (Å²) < 4.78 is 44.3. The average Bonchev–Trinajstić information content (AvgIpc) is 3.63. The van der Waals surface area contributed by atoms with Crippen molar-refractivity contribution in [3.05, 3.63) is 95.1 Å². The Bertz CT molecular complexity index is 1520. The number of amides is 3. The average molecular weight is 735 g/mol. The molecule has 0 unspecified atom stereocenters. The predicted octanol–water partition coefficient (Wildman–Crippen LogP) is 4.28. The molecule has 0 atom stereocenters. The van der Waals surface area contributed by atoms with Gasteiger partial charge in [0.15, 0.2) is 0 Å². The number of imide groups is 1. The quantitative estimate of drug-likeness (QED) is 0.0866. The second kappa shape index (κ2) is 22.1. The topological polar surface area (TPSA) is 132 Å². The lowest BCUT2D eigenvalue weighted by molar-refractivity contribution is -0.0211. The molecule has 3 amide bonds. The van der Waals surface area contributed by atoms with Gasteiger partial charge in [0, 0.05) is 19.5 Å². The molecule has 0 saturated carbocycles. The van der Waals surface area contributed by atoms with Gasteiger partial charge < -0.3 is 42.8 Å². The van der Waals surface area contributed by atoms with Crippen molar-refractivity contribution in [3.8, 4) is 11.1 Å². The van der Waals surface area contributed by atoms with Gasteiger partial charge in [-0.2, -0.15) is 0 Å². The number of fused-ring (bicyclic) bond motifs is 4. The van der Waals surface area contributed by atoms with Crippen molar-refractivity contribution in [2.24, 2.45) is 0 Å². The summed E-state index contributed by atoms with van der Waals surface area (Å²) in [6, 6.07) is 23.4. The Morgan fingerprint density at radius 3 is 1.32 bits per heavy atom. The molecule has 0 fully saturated rings. The minimum absolute atomic E-state index is 0.0318. The van der Waals surface area contributed by atoms with E-state index in [1.165, 1.54) is 32.1 Å². The molecule has 1 aliphatic heterocycles. The standard InChI is InChI=1S/C40H50N2O11/c1-41(40(45)53-30-37-33-10-4-2-8-31(33)32-9-3-5-11-34(32)37)14-16-46-18-20-48-22-24-50-26-28-52-29-27-51-25-23-49-21-19-47-17-15-42-38(43)35-12-6-7-13-36(35)39(42)44/h2-13,37H,14-30H2,1H3. The highest BCUT2D eigenvalue weighted by Gasteiger charge is 2.34. The van der Waals surface area contributed by atoms with Crippen molar-refractivity contribution >= 4 is 17.9 Å². The fourth-order valence-corrected chi connectivity index (χ4v) is 6.02. The summed E-state index contributed by atoms with van der Waals surface area (Å²) in [6.45, 7) is 6.73. The molecule has 13 heteroatoms. The Kier molecular flexibility index (Phi) is 16.7. The maximum absolute atomic E-state index is 12.6. The number of carbonyl (C=O) groups is 3. The number of ether oxygens (including phenoxy) is 8. The van der Waals surface area contributed by atoms with Crippen LogP contribution in [-0.2, 0) is 37.9 Å². The molecule has 3 aromatic rings. The number of nitrogens with zero attached hydrogens (tertiary/aromatic N) is 2. The van der Waals surface area contributed by atoms with Gasteiger partial charge in [0.25, 0.3) is 11.8 Å². The summed E-state index contributed by atoms with van der Waals surface area (Å²) in [6.07, 6.45) is -0.372. The zero-order valence-corrected chi connectivity index (χ0v) is 30.4. The van der Waals surface area contributed by atoms with E-state index in [4.69, 9.17) is 37.9 Å². The van der Waals surface area contributed by atoms with E-state index in [1.54, 1.807) is 31.3 Å². The van der Waals surface area contributed by atoms with Gasteiger partial charge in [-0.25, -0.2) is 4.79 Å². The minimum Gasteiger partial charge on any atom is -0.448 e. The van der Waals surface area contributed by atoms with Crippen LogP contribution in [0.3, 0.4) is 0 Å². The molecule has 0 aromatic heterocycles. The first kappa shape index (κ1) is 40.0. The van der Waals surface area contributed by atoms with Crippen molar-refractivity contribution in [1.82, 2.24) is 9.80 Å². The van der Waals surface area contributed by atoms with E-state index in [-0.39, 0.29) is 37.0 Å². The van der Waals surface area contributed by atoms with Gasteiger partial charge in [-0.1, -0.05) is 60.7 Å². The molecular formula is C40H50N2O11. The van der Waals surface area contributed by atoms with Crippen LogP contribution in [0.1, 0.15) is 37.8 Å². The molecule has 0 spiro atoms. The number of hydrogen-bond acceptors (Lipinski definition) is 11. The van der Waals surface area contributed by atoms with E-state index in [1.807, 2.05) is 24.3 Å². The third-order valence-electron chi connectivity index (χ3n) is 8.79. The van der Waals surface area contributed by atoms with Crippen LogP contribution in [0, 0.1) is 0 Å². The van der Waals surface area contributed by atoms with Gasteiger partial charge >= 0.3 is 6.09 Å². The highest BCUT2D eigenvalue weighted by molar-refractivity contribution is 6.21. The zero-order chi connectivity index (χ0) is 37.1. The van der Waals surface area contributed by atoms with Gasteiger partial charge in [0.1, 0.15) is 6.61 Å². The number of hydrogen-bond donors (Lipinski definition) is 0. The molecule has 286 valence electrons. The maximum atomic E-state index is 12.6. The molecule has 0 saturated heterocycles. The van der Waals surface area contributed by atoms with Crippen LogP contribution < -0.4 is 0 Å². The lowest BCUT2D eigenvalue weighted by Gasteiger charge is -2.19. The summed E-state index contributed by atoms with van der Waals surface area (Å²) in [7, 11) is 1.71. The third kappa shape index (κ3) is 11.9. The molecule has 0 N–H and O–H groups in total. The van der Waals surface area contributed by atoms with Crippen LogP contribution in [-0.4, -0.2) is 147 Å². The van der Waals surface area contributed by atoms with Crippen LogP contribution in [0.25, 0.3) is 11.1 Å². The minimum atomic E-state index is -0.372. The molecule has 53 heavy (non-hydrogen) atoms. The van der Waals surface area contributed by atoms with Gasteiger partial charge in [0.05, 0.1) is 110 Å². The van der Waals surface area contributed by atoms with E-state index in [9.17, 15) is 14.4 Å². The number of rotatable bonds is 26. The lowest BCUT2D eigenvalue weighted by Crippen LogP contribution is -2.33. The van der Waals surface area contributed by atoms with Crippen LogP contribution >= 0.6 is 0 Å². The third-order valence-corrected chi connectivity index (χ3v) is 8.79. The summed E-state index contributed by atoms with van der Waals surface area (Å²) in [5.74, 6) is -0.532. The van der Waals surface area contributed by atoms with E-state index < -0.39 is 0 Å². The maximum Gasteiger partial charge on any atom is 0.409 e. The molecule has 0 radical (unpaired) electrons. The molecule has 0 bridgehead atoms. The smallest absolute Gasteiger partial charge is 0.409 e. The Balaban J connectivity index is 0.741. The summed E-state index contributed by atoms with van der Waals surface area (Å²) in [5.41, 5.74) is 5.65. The molecule has 5 rings (SSSR count). The molecule has 1 aliphatic carbocycles. The fraction of sp³-hybridized carbons (Fsp3) is 0.475. The highest BCUT2D eigenvalue weighted by Crippen LogP contribution is 2.44. The van der Waals surface area contributed by atoms with Crippen molar-refractivity contribution in [3.63, 3.8) is 0 Å². The van der Waals surface area contributed by atoms with Crippen LogP contribution in [0.5, 0.6) is 0 Å². The first-order valence-electron chi connectivity index (χ1n) is 18.1. The second-order valence-electron chi connectivity index (χ2n) is 12.3. The van der Waals surface area contributed by atoms with Crippen molar-refractivity contribution in [2.45, 2.75) is 5.92 Å². The highest BCUT2D eigenvalue weighted by atomic mass is 16.6. The van der Waals surface area contributed by atoms with E-state index in [2.05, 4.69) is 24.3 Å². The first-order valence-corrected chi connectivity index (χ1v) is 18.1. The van der Waals surface area contributed by atoms with Crippen LogP contribution in [0.4, 0.5) is 4.79 Å². The normalized spacial score (nSPS) is 13.3. The van der Waals surface area contributed by atoms with Crippen molar-refractivity contribution < 1.29 is 52.3 Å². The van der Waals surface area contributed by atoms with Gasteiger partial charge in [-0.15, -0.1) is 0 Å². The first-order chi connectivity index (χ1) is 26.1. The number of likely N-dealkylation sites (N-methyl/N-ethyl adjacent to an activating group) is 1. The van der Waals surface area contributed by atoms with E-state index in [0.717, 1.165) is 0 Å². The monoisotopic (exact) mass is 734 g/mol. The zero-order valence-electron chi connectivity index (χ0n) is 30.4. The molecule has 1 heterocycles. The van der Waals surface area contributed by atoms with E-state index >= 15 is 0 Å². The predicted molar refractivity (Wildman–Crippen MR) is 195 cm³/mol. The lowest BCUT2D eigenvalue weighted by atomic mass is 9.98. The summed E-state index contributed by atoms with van der Waals surface area (Å²) in [4.78, 5) is 40.0. The summed E-state index contributed by atoms with van der Waals surface area (Å²) in [5, 5.41) is 0. The second-order valence-corrected chi connectivity index (χ2v) is 12.3. The van der Waals surface area contributed by atoms with Crippen LogP contribution in [0.15, 0.2) is 72.8 Å². The van der Waals surface area contributed by atoms with Crippen LogP contribution in [0.2, 0.25) is 0 Å². The molecule has 2 aliphatic rings. The van der Waals surface area contributed by atoms with Gasteiger partial charge in [-0.3, -0.25) is 14.5 Å². The molecular weight excluding hydrogens is 684 g/mol. The molecule has 13 nitrogen and oxygen atoms in total. The fourth-order valence-electron chi connectivity index (χ4n) is 6.02.